The Morgan fingerprint density at radius 3 is 1.57 bits per heavy atom. The van der Waals surface area contributed by atoms with E-state index in [1.807, 2.05) is 103 Å². The van der Waals surface area contributed by atoms with Crippen LogP contribution >= 0.6 is 0 Å². The highest BCUT2D eigenvalue weighted by Gasteiger charge is 2.27. The van der Waals surface area contributed by atoms with Crippen molar-refractivity contribution in [3.05, 3.63) is 109 Å². The number of fused-ring (bicyclic) bond motifs is 7. The van der Waals surface area contributed by atoms with E-state index in [0.29, 0.717) is 38.6 Å². The molecule has 9 rings (SSSR count). The predicted octanol–water partition coefficient (Wildman–Crippen LogP) is 4.22. The molecule has 9 aromatic rings. The monoisotopic (exact) mass is 638 g/mol. The smallest absolute Gasteiger partial charge is 0.143 e. The Hall–Kier alpha value is -5.67. The molecule has 8 aromatic carbocycles. The van der Waals surface area contributed by atoms with Gasteiger partial charge in [0, 0.05) is 38.1 Å². The molecule has 0 atom stereocenters. The van der Waals surface area contributed by atoms with Gasteiger partial charge >= 0.3 is 0 Å². The molecule has 0 fully saturated rings. The lowest BCUT2D eigenvalue weighted by atomic mass is 9.62. The molecule has 0 amide bonds. The Bertz CT molecular complexity index is 2850. The second-order valence-electron chi connectivity index (χ2n) is 12.8. The van der Waals surface area contributed by atoms with E-state index in [4.69, 9.17) is 51.5 Å². The molecule has 12 radical (unpaired) electrons. The maximum atomic E-state index is 11.9. The predicted molar refractivity (Wildman–Crippen MR) is 218 cm³/mol. The second kappa shape index (κ2) is 11.4. The standard InChI is InChI=1S/C42H20B6O3/c43-34-30-28(22-12-10-20(11-13-22)19-6-2-1-3-7-19)32-33(41(50)39(48)38(47)40(32)49)29(31(30)35(44)37(46)36(34)45)23-15-17-27-26(18-23)25-16-14-21-8-4-5-9-24(21)42(25)51-27/h1-18,49-50H. The van der Waals surface area contributed by atoms with Crippen LogP contribution in [0, 0.1) is 0 Å². The summed E-state index contributed by atoms with van der Waals surface area (Å²) in [6, 6.07) is 35.5. The third-order valence-corrected chi connectivity index (χ3v) is 10.1. The van der Waals surface area contributed by atoms with E-state index in [1.54, 1.807) is 0 Å². The van der Waals surface area contributed by atoms with E-state index >= 15 is 0 Å². The summed E-state index contributed by atoms with van der Waals surface area (Å²) in [6.45, 7) is 0. The number of phenols is 2. The average molecular weight is 637 g/mol. The molecular weight excluding hydrogens is 617 g/mol. The van der Waals surface area contributed by atoms with Gasteiger partial charge in [-0.15, -0.1) is 10.9 Å². The highest BCUT2D eigenvalue weighted by Crippen LogP contribution is 2.48. The topological polar surface area (TPSA) is 53.6 Å². The fourth-order valence-corrected chi connectivity index (χ4v) is 7.54. The van der Waals surface area contributed by atoms with Crippen molar-refractivity contribution < 1.29 is 14.6 Å². The minimum atomic E-state index is -0.323. The highest BCUT2D eigenvalue weighted by atomic mass is 16.3. The average Bonchev–Trinajstić information content (AvgIpc) is 3.55. The number of hydrogen-bond donors (Lipinski definition) is 2. The molecule has 0 bridgehead atoms. The lowest BCUT2D eigenvalue weighted by molar-refractivity contribution is 0.476. The summed E-state index contributed by atoms with van der Waals surface area (Å²) in [5, 5.41) is 28.9. The van der Waals surface area contributed by atoms with E-state index in [9.17, 15) is 10.2 Å². The van der Waals surface area contributed by atoms with Crippen LogP contribution in [0.5, 0.6) is 11.5 Å². The molecule has 0 aliphatic rings. The number of phenolic OH excluding ortho intramolecular Hbond substituents is 2. The van der Waals surface area contributed by atoms with Gasteiger partial charge in [-0.25, -0.2) is 0 Å². The summed E-state index contributed by atoms with van der Waals surface area (Å²) in [5.41, 5.74) is 5.79. The lowest BCUT2D eigenvalue weighted by Gasteiger charge is -2.27. The van der Waals surface area contributed by atoms with Crippen LogP contribution < -0.4 is 32.8 Å². The molecule has 1 heterocycles. The van der Waals surface area contributed by atoms with Gasteiger partial charge < -0.3 is 14.6 Å². The van der Waals surface area contributed by atoms with Crippen molar-refractivity contribution >= 4 is 134 Å². The quantitative estimate of drug-likeness (QED) is 0.174. The van der Waals surface area contributed by atoms with Gasteiger partial charge in [0.25, 0.3) is 0 Å². The number of benzene rings is 8. The zero-order valence-corrected chi connectivity index (χ0v) is 27.2. The zero-order chi connectivity index (χ0) is 35.3. The van der Waals surface area contributed by atoms with Crippen LogP contribution in [-0.4, -0.2) is 57.3 Å². The Kier molecular flexibility index (Phi) is 7.02. The second-order valence-corrected chi connectivity index (χ2v) is 12.8. The van der Waals surface area contributed by atoms with Gasteiger partial charge in [-0.1, -0.05) is 113 Å². The molecule has 0 saturated carbocycles. The van der Waals surface area contributed by atoms with Crippen molar-refractivity contribution in [1.29, 1.82) is 0 Å². The lowest BCUT2D eigenvalue weighted by Crippen LogP contribution is -2.48. The number of furan rings is 1. The van der Waals surface area contributed by atoms with Crippen LogP contribution in [-0.2, 0) is 0 Å². The fourth-order valence-electron chi connectivity index (χ4n) is 7.54. The van der Waals surface area contributed by atoms with Crippen LogP contribution in [0.15, 0.2) is 114 Å². The molecule has 0 aliphatic carbocycles. The van der Waals surface area contributed by atoms with Crippen molar-refractivity contribution in [3.8, 4) is 44.9 Å². The fraction of sp³-hybridized carbons (Fsp3) is 0. The van der Waals surface area contributed by atoms with Gasteiger partial charge in [0.2, 0.25) is 0 Å². The Morgan fingerprint density at radius 1 is 0.392 bits per heavy atom. The van der Waals surface area contributed by atoms with Crippen molar-refractivity contribution in [1.82, 2.24) is 0 Å². The maximum absolute atomic E-state index is 11.9. The first kappa shape index (κ1) is 31.3. The molecule has 0 saturated heterocycles. The molecule has 2 N–H and O–H groups in total. The van der Waals surface area contributed by atoms with Crippen LogP contribution in [0.25, 0.3) is 87.6 Å². The molecule has 3 nitrogen and oxygen atoms in total. The van der Waals surface area contributed by atoms with Crippen LogP contribution in [0.1, 0.15) is 0 Å². The highest BCUT2D eigenvalue weighted by molar-refractivity contribution is 6.68. The third kappa shape index (κ3) is 4.47. The van der Waals surface area contributed by atoms with Gasteiger partial charge in [0.1, 0.15) is 69.7 Å². The van der Waals surface area contributed by atoms with E-state index in [1.165, 1.54) is 0 Å². The Morgan fingerprint density at radius 2 is 0.922 bits per heavy atom. The Labute approximate surface area is 301 Å². The van der Waals surface area contributed by atoms with Gasteiger partial charge in [-0.3, -0.25) is 0 Å². The molecule has 224 valence electrons. The largest absolute Gasteiger partial charge is 0.508 e. The SMILES string of the molecule is [B]c1c([B])c([B])c2c(-c3ccc4oc5c6ccccc6ccc5c4c3)c3c(O)c([B])c([B])c(O)c3c(-c3ccc(-c4ccccc4)cc3)c2c1[B]. The van der Waals surface area contributed by atoms with Gasteiger partial charge in [-0.05, 0) is 56.6 Å². The normalized spacial score (nSPS) is 11.8. The molecule has 0 aliphatic heterocycles. The summed E-state index contributed by atoms with van der Waals surface area (Å²) in [5.74, 6) is -0.642. The van der Waals surface area contributed by atoms with Crippen molar-refractivity contribution in [3.63, 3.8) is 0 Å². The molecular formula is C42H20B6O3. The number of hydrogen-bond acceptors (Lipinski definition) is 3. The van der Waals surface area contributed by atoms with E-state index in [-0.39, 0.29) is 55.0 Å². The first-order valence-electron chi connectivity index (χ1n) is 16.3. The van der Waals surface area contributed by atoms with Gasteiger partial charge in [0.15, 0.2) is 0 Å². The minimum absolute atomic E-state index is 0.0967. The molecule has 51 heavy (non-hydrogen) atoms. The summed E-state index contributed by atoms with van der Waals surface area (Å²) in [6.07, 6.45) is 0. The summed E-state index contributed by atoms with van der Waals surface area (Å²) >= 11 is 0. The van der Waals surface area contributed by atoms with Gasteiger partial charge in [-0.2, -0.15) is 0 Å². The van der Waals surface area contributed by atoms with E-state index in [0.717, 1.165) is 38.3 Å². The number of aromatic hydroxyl groups is 2. The van der Waals surface area contributed by atoms with Crippen molar-refractivity contribution in [2.45, 2.75) is 0 Å². The molecule has 0 unspecified atom stereocenters. The van der Waals surface area contributed by atoms with Crippen LogP contribution in [0.4, 0.5) is 0 Å². The van der Waals surface area contributed by atoms with Crippen LogP contribution in [0.2, 0.25) is 0 Å². The maximum Gasteiger partial charge on any atom is 0.143 e. The van der Waals surface area contributed by atoms with E-state index < -0.39 is 0 Å². The molecule has 9 heteroatoms. The summed E-state index contributed by atoms with van der Waals surface area (Å²) in [7, 11) is 39.6. The molecule has 0 spiro atoms. The summed E-state index contributed by atoms with van der Waals surface area (Å²) < 4.78 is 6.40. The minimum Gasteiger partial charge on any atom is -0.508 e. The van der Waals surface area contributed by atoms with E-state index in [2.05, 4.69) is 6.07 Å². The first-order valence-corrected chi connectivity index (χ1v) is 16.3. The summed E-state index contributed by atoms with van der Waals surface area (Å²) in [4.78, 5) is 0. The molecule has 1 aromatic heterocycles. The van der Waals surface area contributed by atoms with Crippen molar-refractivity contribution in [2.75, 3.05) is 0 Å². The zero-order valence-electron chi connectivity index (χ0n) is 27.2. The number of rotatable bonds is 3. The first-order chi connectivity index (χ1) is 24.7. The van der Waals surface area contributed by atoms with Crippen LogP contribution in [0.3, 0.4) is 0 Å². The van der Waals surface area contributed by atoms with Crippen molar-refractivity contribution in [2.24, 2.45) is 0 Å². The third-order valence-electron chi connectivity index (χ3n) is 10.1. The Balaban J connectivity index is 1.45. The van der Waals surface area contributed by atoms with Gasteiger partial charge in [0.05, 0.1) is 0 Å².